The average Bonchev–Trinajstić information content (AvgIpc) is 3.02. The first-order valence-electron chi connectivity index (χ1n) is 9.48. The van der Waals surface area contributed by atoms with Crippen LogP contribution in [-0.4, -0.2) is 49.5 Å². The monoisotopic (exact) mass is 550 g/mol. The Morgan fingerprint density at radius 2 is 1.96 bits per heavy atom. The zero-order valence-corrected chi connectivity index (χ0v) is 20.5. The molecule has 1 aromatic rings. The van der Waals surface area contributed by atoms with Gasteiger partial charge in [0.25, 0.3) is 0 Å². The van der Waals surface area contributed by atoms with E-state index in [1.807, 2.05) is 4.90 Å². The Hall–Kier alpha value is -0.830. The molecule has 0 atom stereocenters. The minimum absolute atomic E-state index is 0. The number of likely N-dealkylation sites (tertiary alicyclic amines) is 1. The number of rotatable bonds is 8. The highest BCUT2D eigenvalue weighted by Gasteiger charge is 2.21. The molecule has 1 fully saturated rings. The highest BCUT2D eigenvalue weighted by atomic mass is 127. The number of hydrogen-bond donors (Lipinski definition) is 2. The molecule has 0 aromatic heterocycles. The molecule has 0 spiro atoms. The molecule has 7 heteroatoms. The number of nitrogens with zero attached hydrogens (tertiary/aromatic N) is 2. The molecule has 1 aromatic carbocycles. The smallest absolute Gasteiger partial charge is 0.222 e. The van der Waals surface area contributed by atoms with Gasteiger partial charge < -0.3 is 15.5 Å². The number of halogens is 2. The third kappa shape index (κ3) is 7.97. The molecule has 2 N–H and O–H groups in total. The minimum Gasteiger partial charge on any atom is -0.357 e. The van der Waals surface area contributed by atoms with E-state index in [0.717, 1.165) is 49.5 Å². The van der Waals surface area contributed by atoms with Crippen LogP contribution in [0.1, 0.15) is 45.6 Å². The van der Waals surface area contributed by atoms with Crippen LogP contribution in [0.3, 0.4) is 0 Å². The largest absolute Gasteiger partial charge is 0.357 e. The molecule has 2 rings (SSSR count). The lowest BCUT2D eigenvalue weighted by atomic mass is 9.85. The van der Waals surface area contributed by atoms with Crippen LogP contribution in [0.15, 0.2) is 33.7 Å². The van der Waals surface area contributed by atoms with E-state index in [1.54, 1.807) is 0 Å². The topological polar surface area (TPSA) is 56.7 Å². The van der Waals surface area contributed by atoms with E-state index in [2.05, 4.69) is 71.6 Å². The number of amides is 1. The molecule has 1 saturated heterocycles. The molecule has 152 valence electrons. The summed E-state index contributed by atoms with van der Waals surface area (Å²) in [5, 5.41) is 6.69. The van der Waals surface area contributed by atoms with Crippen LogP contribution in [0.2, 0.25) is 0 Å². The maximum Gasteiger partial charge on any atom is 0.222 e. The summed E-state index contributed by atoms with van der Waals surface area (Å²) < 4.78 is 1.09. The molecule has 1 aliphatic heterocycles. The second kappa shape index (κ2) is 11.9. The summed E-state index contributed by atoms with van der Waals surface area (Å²) in [4.78, 5) is 18.4. The van der Waals surface area contributed by atoms with Crippen LogP contribution >= 0.6 is 39.9 Å². The summed E-state index contributed by atoms with van der Waals surface area (Å²) in [5.41, 5.74) is 1.23. The molecule has 0 bridgehead atoms. The van der Waals surface area contributed by atoms with Gasteiger partial charge in [-0.15, -0.1) is 24.0 Å². The number of carbonyl (C=O) groups excluding carboxylic acids is 1. The maximum atomic E-state index is 11.6. The van der Waals surface area contributed by atoms with Crippen LogP contribution in [0.5, 0.6) is 0 Å². The van der Waals surface area contributed by atoms with Gasteiger partial charge in [0.15, 0.2) is 5.96 Å². The predicted octanol–water partition coefficient (Wildman–Crippen LogP) is 3.91. The van der Waals surface area contributed by atoms with Gasteiger partial charge in [-0.1, -0.05) is 41.9 Å². The normalized spacial score (nSPS) is 14.9. The standard InChI is InChI=1S/C20H31BrN4O.HI/c1-4-22-19(23-12-6-14-25-13-5-7-18(25)26)24-15-20(2,3)16-8-10-17(21)11-9-16;/h8-11H,4-7,12-15H2,1-3H3,(H2,22,23,24);1H. The first-order valence-corrected chi connectivity index (χ1v) is 10.3. The van der Waals surface area contributed by atoms with Crippen LogP contribution in [-0.2, 0) is 10.2 Å². The Labute approximate surface area is 188 Å². The van der Waals surface area contributed by atoms with Crippen molar-refractivity contribution >= 4 is 51.8 Å². The van der Waals surface area contributed by atoms with Crippen molar-refractivity contribution in [2.24, 2.45) is 4.99 Å². The summed E-state index contributed by atoms with van der Waals surface area (Å²) in [6.07, 6.45) is 2.65. The van der Waals surface area contributed by atoms with Gasteiger partial charge in [-0.3, -0.25) is 9.79 Å². The summed E-state index contributed by atoms with van der Waals surface area (Å²) in [7, 11) is 0. The lowest BCUT2D eigenvalue weighted by molar-refractivity contribution is -0.127. The fourth-order valence-electron chi connectivity index (χ4n) is 3.03. The van der Waals surface area contributed by atoms with Crippen molar-refractivity contribution in [1.82, 2.24) is 15.5 Å². The van der Waals surface area contributed by atoms with Crippen LogP contribution in [0.4, 0.5) is 0 Å². The van der Waals surface area contributed by atoms with E-state index in [1.165, 1.54) is 5.56 Å². The van der Waals surface area contributed by atoms with E-state index in [9.17, 15) is 4.79 Å². The minimum atomic E-state index is -0.0367. The van der Waals surface area contributed by atoms with Crippen molar-refractivity contribution < 1.29 is 4.79 Å². The Morgan fingerprint density at radius 3 is 2.56 bits per heavy atom. The quantitative estimate of drug-likeness (QED) is 0.223. The van der Waals surface area contributed by atoms with Gasteiger partial charge in [-0.2, -0.15) is 0 Å². The third-order valence-corrected chi connectivity index (χ3v) is 5.20. The zero-order chi connectivity index (χ0) is 19.0. The Balaban J connectivity index is 0.00000364. The van der Waals surface area contributed by atoms with Gasteiger partial charge in [0.05, 0.1) is 6.54 Å². The van der Waals surface area contributed by atoms with E-state index < -0.39 is 0 Å². The van der Waals surface area contributed by atoms with Gasteiger partial charge in [0.1, 0.15) is 0 Å². The second-order valence-electron chi connectivity index (χ2n) is 7.35. The molecule has 0 radical (unpaired) electrons. The first-order chi connectivity index (χ1) is 12.4. The first kappa shape index (κ1) is 24.2. The fraction of sp³-hybridized carbons (Fsp3) is 0.600. The highest BCUT2D eigenvalue weighted by molar-refractivity contribution is 14.0. The van der Waals surface area contributed by atoms with Gasteiger partial charge in [-0.25, -0.2) is 0 Å². The summed E-state index contributed by atoms with van der Waals surface area (Å²) in [6, 6.07) is 8.44. The molecule has 5 nitrogen and oxygen atoms in total. The van der Waals surface area contributed by atoms with Crippen molar-refractivity contribution in [2.75, 3.05) is 32.7 Å². The molecule has 0 unspecified atom stereocenters. The average molecular weight is 551 g/mol. The van der Waals surface area contributed by atoms with Crippen LogP contribution in [0, 0.1) is 0 Å². The highest BCUT2D eigenvalue weighted by Crippen LogP contribution is 2.25. The predicted molar refractivity (Wildman–Crippen MR) is 127 cm³/mol. The van der Waals surface area contributed by atoms with Gasteiger partial charge in [0, 0.05) is 42.5 Å². The fourth-order valence-corrected chi connectivity index (χ4v) is 3.29. The number of aliphatic imine (C=N–C) groups is 1. The van der Waals surface area contributed by atoms with E-state index in [0.29, 0.717) is 18.9 Å². The van der Waals surface area contributed by atoms with Crippen LogP contribution < -0.4 is 10.6 Å². The molecule has 1 amide bonds. The van der Waals surface area contributed by atoms with Gasteiger partial charge in [-0.05, 0) is 37.5 Å². The van der Waals surface area contributed by atoms with E-state index >= 15 is 0 Å². The molecule has 1 heterocycles. The van der Waals surface area contributed by atoms with Gasteiger partial charge >= 0.3 is 0 Å². The number of carbonyl (C=O) groups is 1. The third-order valence-electron chi connectivity index (χ3n) is 4.67. The lowest BCUT2D eigenvalue weighted by Gasteiger charge is -2.24. The van der Waals surface area contributed by atoms with Crippen molar-refractivity contribution in [1.29, 1.82) is 0 Å². The molecule has 27 heavy (non-hydrogen) atoms. The summed E-state index contributed by atoms with van der Waals surface area (Å²) in [5.74, 6) is 1.13. The van der Waals surface area contributed by atoms with Crippen LogP contribution in [0.25, 0.3) is 0 Å². The zero-order valence-electron chi connectivity index (χ0n) is 16.6. The van der Waals surface area contributed by atoms with E-state index in [4.69, 9.17) is 4.99 Å². The number of guanidine groups is 1. The molecule has 1 aliphatic rings. The maximum absolute atomic E-state index is 11.6. The molecular weight excluding hydrogens is 519 g/mol. The van der Waals surface area contributed by atoms with Gasteiger partial charge in [0.2, 0.25) is 5.91 Å². The van der Waals surface area contributed by atoms with Crippen molar-refractivity contribution in [3.05, 3.63) is 34.3 Å². The lowest BCUT2D eigenvalue weighted by Crippen LogP contribution is -2.40. The Kier molecular flexibility index (Phi) is 10.7. The molecule has 0 aliphatic carbocycles. The second-order valence-corrected chi connectivity index (χ2v) is 8.27. The SMILES string of the molecule is CCNC(=NCC(C)(C)c1ccc(Br)cc1)NCCCN1CCCC1=O.I. The molecular formula is C20H32BrIN4O. The van der Waals surface area contributed by atoms with Crippen molar-refractivity contribution in [3.63, 3.8) is 0 Å². The summed E-state index contributed by atoms with van der Waals surface area (Å²) in [6.45, 7) is 10.6. The number of nitrogens with one attached hydrogen (secondary N) is 2. The Morgan fingerprint density at radius 1 is 1.26 bits per heavy atom. The van der Waals surface area contributed by atoms with Crippen molar-refractivity contribution in [2.45, 2.75) is 45.4 Å². The Bertz CT molecular complexity index is 619. The summed E-state index contributed by atoms with van der Waals surface area (Å²) >= 11 is 3.49. The number of hydrogen-bond acceptors (Lipinski definition) is 2. The van der Waals surface area contributed by atoms with Crippen molar-refractivity contribution in [3.8, 4) is 0 Å². The number of benzene rings is 1. The molecule has 0 saturated carbocycles. The van der Waals surface area contributed by atoms with E-state index in [-0.39, 0.29) is 29.4 Å².